The Balaban J connectivity index is 1.89. The first-order valence-corrected chi connectivity index (χ1v) is 7.87. The third-order valence-corrected chi connectivity index (χ3v) is 4.03. The molecule has 1 N–H and O–H groups in total. The van der Waals surface area contributed by atoms with Gasteiger partial charge in [-0.2, -0.15) is 18.2 Å². The van der Waals surface area contributed by atoms with E-state index in [1.165, 1.54) is 0 Å². The van der Waals surface area contributed by atoms with Gasteiger partial charge in [-0.05, 0) is 44.2 Å². The zero-order valence-corrected chi connectivity index (χ0v) is 13.2. The van der Waals surface area contributed by atoms with Crippen LogP contribution in [0.15, 0.2) is 30.5 Å². The summed E-state index contributed by atoms with van der Waals surface area (Å²) < 4.78 is 45.0. The number of alkyl halides is 3. The molecule has 1 aromatic carbocycles. The number of aromatic nitrogens is 2. The van der Waals surface area contributed by atoms with Crippen LogP contribution in [0.1, 0.15) is 36.8 Å². The number of benzene rings is 1. The van der Waals surface area contributed by atoms with Gasteiger partial charge in [0.2, 0.25) is 11.8 Å². The summed E-state index contributed by atoms with van der Waals surface area (Å²) in [6, 6.07) is 7.41. The van der Waals surface area contributed by atoms with Crippen molar-refractivity contribution in [3.63, 3.8) is 0 Å². The van der Waals surface area contributed by atoms with Gasteiger partial charge in [-0.25, -0.2) is 4.98 Å². The topological polar surface area (TPSA) is 47.0 Å². The largest absolute Gasteiger partial charge is 0.474 e. The molecule has 24 heavy (non-hydrogen) atoms. The molecule has 1 aliphatic rings. The van der Waals surface area contributed by atoms with E-state index in [-0.39, 0.29) is 12.1 Å². The van der Waals surface area contributed by atoms with E-state index in [4.69, 9.17) is 4.74 Å². The van der Waals surface area contributed by atoms with Crippen molar-refractivity contribution in [1.82, 2.24) is 9.97 Å². The van der Waals surface area contributed by atoms with Crippen LogP contribution in [0.4, 0.5) is 24.8 Å². The van der Waals surface area contributed by atoms with Gasteiger partial charge in [-0.15, -0.1) is 0 Å². The van der Waals surface area contributed by atoms with E-state index in [9.17, 15) is 13.2 Å². The predicted molar refractivity (Wildman–Crippen MR) is 84.4 cm³/mol. The highest BCUT2D eigenvalue weighted by molar-refractivity contribution is 5.58. The maximum atomic E-state index is 13.2. The minimum atomic E-state index is -4.55. The third kappa shape index (κ3) is 3.77. The molecule has 0 bridgehead atoms. The fraction of sp³-hybridized carbons (Fsp3) is 0.412. The fourth-order valence-electron chi connectivity index (χ4n) is 2.71. The normalized spacial score (nSPS) is 15.5. The van der Waals surface area contributed by atoms with Crippen LogP contribution < -0.4 is 10.1 Å². The number of hydrogen-bond donors (Lipinski definition) is 1. The van der Waals surface area contributed by atoms with Gasteiger partial charge < -0.3 is 10.1 Å². The summed E-state index contributed by atoms with van der Waals surface area (Å²) >= 11 is 0. The van der Waals surface area contributed by atoms with Crippen molar-refractivity contribution in [2.75, 3.05) is 5.32 Å². The van der Waals surface area contributed by atoms with Crippen LogP contribution in [-0.2, 0) is 6.18 Å². The van der Waals surface area contributed by atoms with Crippen LogP contribution in [0.2, 0.25) is 0 Å². The van der Waals surface area contributed by atoms with Crippen molar-refractivity contribution < 1.29 is 17.9 Å². The van der Waals surface area contributed by atoms with Crippen molar-refractivity contribution in [1.29, 1.82) is 0 Å². The Hall–Kier alpha value is -2.31. The summed E-state index contributed by atoms with van der Waals surface area (Å²) in [5.41, 5.74) is 0.744. The maximum Gasteiger partial charge on any atom is 0.423 e. The van der Waals surface area contributed by atoms with Gasteiger partial charge in [0.25, 0.3) is 0 Å². The first-order valence-electron chi connectivity index (χ1n) is 7.87. The van der Waals surface area contributed by atoms with Crippen LogP contribution in [0.5, 0.6) is 5.88 Å². The quantitative estimate of drug-likeness (QED) is 0.865. The Morgan fingerprint density at radius 1 is 1.17 bits per heavy atom. The number of nitrogens with one attached hydrogen (secondary N) is 1. The second-order valence-corrected chi connectivity index (χ2v) is 5.87. The standard InChI is InChI=1S/C17H18F3N3O/c1-11-6-2-5-9-14(11)22-16-21-10-13(17(18,19)20)15(23-16)24-12-7-3-4-8-12/h2,5-6,9-10,12H,3-4,7-8H2,1H3,(H,21,22,23). The van der Waals surface area contributed by atoms with E-state index in [0.29, 0.717) is 0 Å². The summed E-state index contributed by atoms with van der Waals surface area (Å²) in [5, 5.41) is 2.95. The van der Waals surface area contributed by atoms with Gasteiger partial charge in [-0.3, -0.25) is 0 Å². The van der Waals surface area contributed by atoms with Crippen molar-refractivity contribution in [2.45, 2.75) is 44.9 Å². The molecule has 1 heterocycles. The molecule has 0 atom stereocenters. The van der Waals surface area contributed by atoms with Gasteiger partial charge in [0.15, 0.2) is 0 Å². The highest BCUT2D eigenvalue weighted by Crippen LogP contribution is 2.37. The van der Waals surface area contributed by atoms with Crippen LogP contribution >= 0.6 is 0 Å². The molecule has 128 valence electrons. The number of halogens is 3. The van der Waals surface area contributed by atoms with Gasteiger partial charge in [0, 0.05) is 11.9 Å². The fourth-order valence-corrected chi connectivity index (χ4v) is 2.71. The molecule has 1 aromatic heterocycles. The summed E-state index contributed by atoms with van der Waals surface area (Å²) in [5.74, 6) is -0.314. The smallest absolute Gasteiger partial charge is 0.423 e. The number of nitrogens with zero attached hydrogens (tertiary/aromatic N) is 2. The zero-order chi connectivity index (χ0) is 17.2. The van der Waals surface area contributed by atoms with Crippen molar-refractivity contribution in [3.8, 4) is 5.88 Å². The Kier molecular flexibility index (Phi) is 4.59. The average Bonchev–Trinajstić information content (AvgIpc) is 3.02. The van der Waals surface area contributed by atoms with Crippen molar-refractivity contribution >= 4 is 11.6 Å². The molecule has 1 aliphatic carbocycles. The minimum Gasteiger partial charge on any atom is -0.474 e. The van der Waals surface area contributed by atoms with Gasteiger partial charge in [0.1, 0.15) is 11.7 Å². The molecule has 3 rings (SSSR count). The number of rotatable bonds is 4. The molecule has 7 heteroatoms. The number of ether oxygens (including phenoxy) is 1. The highest BCUT2D eigenvalue weighted by Gasteiger charge is 2.37. The van der Waals surface area contributed by atoms with E-state index in [0.717, 1.165) is 43.1 Å². The van der Waals surface area contributed by atoms with E-state index < -0.39 is 17.6 Å². The Morgan fingerprint density at radius 3 is 2.54 bits per heavy atom. The van der Waals surface area contributed by atoms with Crippen LogP contribution in [0.3, 0.4) is 0 Å². The molecule has 4 nitrogen and oxygen atoms in total. The van der Waals surface area contributed by atoms with E-state index in [1.54, 1.807) is 0 Å². The lowest BCUT2D eigenvalue weighted by atomic mass is 10.2. The second kappa shape index (κ2) is 6.67. The molecule has 0 amide bonds. The zero-order valence-electron chi connectivity index (χ0n) is 13.2. The number of hydrogen-bond acceptors (Lipinski definition) is 4. The second-order valence-electron chi connectivity index (χ2n) is 5.87. The number of aryl methyl sites for hydroxylation is 1. The molecule has 1 fully saturated rings. The highest BCUT2D eigenvalue weighted by atomic mass is 19.4. The first kappa shape index (κ1) is 16.5. The predicted octanol–water partition coefficient (Wildman–Crippen LogP) is 4.87. The van der Waals surface area contributed by atoms with E-state index in [1.807, 2.05) is 31.2 Å². The number of para-hydroxylation sites is 1. The molecule has 0 aliphatic heterocycles. The lowest BCUT2D eigenvalue weighted by molar-refractivity contribution is -0.139. The SMILES string of the molecule is Cc1ccccc1Nc1ncc(C(F)(F)F)c(OC2CCCC2)n1. The van der Waals surface area contributed by atoms with Gasteiger partial charge in [0.05, 0.1) is 0 Å². The molecule has 0 spiro atoms. The average molecular weight is 337 g/mol. The summed E-state index contributed by atoms with van der Waals surface area (Å²) in [4.78, 5) is 7.77. The number of anilines is 2. The molecule has 1 saturated carbocycles. The third-order valence-electron chi connectivity index (χ3n) is 4.03. The van der Waals surface area contributed by atoms with Crippen molar-refractivity contribution in [2.24, 2.45) is 0 Å². The first-order chi connectivity index (χ1) is 11.4. The Labute approximate surface area is 138 Å². The maximum absolute atomic E-state index is 13.2. The summed E-state index contributed by atoms with van der Waals surface area (Å²) in [6.45, 7) is 1.89. The molecule has 0 unspecified atom stereocenters. The van der Waals surface area contributed by atoms with E-state index >= 15 is 0 Å². The Morgan fingerprint density at radius 2 is 1.88 bits per heavy atom. The lowest BCUT2D eigenvalue weighted by Crippen LogP contribution is -2.18. The monoisotopic (exact) mass is 337 g/mol. The summed E-state index contributed by atoms with van der Waals surface area (Å²) in [6.07, 6.45) is -0.555. The molecule has 0 saturated heterocycles. The lowest BCUT2D eigenvalue weighted by Gasteiger charge is -2.17. The Bertz CT molecular complexity index is 712. The molecule has 0 radical (unpaired) electrons. The van der Waals surface area contributed by atoms with Crippen molar-refractivity contribution in [3.05, 3.63) is 41.6 Å². The van der Waals surface area contributed by atoms with Crippen LogP contribution in [0, 0.1) is 6.92 Å². The van der Waals surface area contributed by atoms with Gasteiger partial charge in [-0.1, -0.05) is 18.2 Å². The molecule has 2 aromatic rings. The van der Waals surface area contributed by atoms with E-state index in [2.05, 4.69) is 15.3 Å². The molecular formula is C17H18F3N3O. The van der Waals surface area contributed by atoms with Crippen LogP contribution in [-0.4, -0.2) is 16.1 Å². The minimum absolute atomic E-state index is 0.0882. The summed E-state index contributed by atoms with van der Waals surface area (Å²) in [7, 11) is 0. The molecular weight excluding hydrogens is 319 g/mol. The van der Waals surface area contributed by atoms with Crippen LogP contribution in [0.25, 0.3) is 0 Å². The van der Waals surface area contributed by atoms with Gasteiger partial charge >= 0.3 is 6.18 Å².